The molecule has 0 aliphatic heterocycles. The van der Waals surface area contributed by atoms with E-state index in [0.717, 1.165) is 15.6 Å². The van der Waals surface area contributed by atoms with E-state index < -0.39 is 0 Å². The first-order valence-electron chi connectivity index (χ1n) is 6.54. The van der Waals surface area contributed by atoms with E-state index >= 15 is 0 Å². The Morgan fingerprint density at radius 2 is 1.94 bits per heavy atom. The SMILES string of the molecule is CC(=O)c1cc(Br)cc(N(C)C2CCCC2)c1C. The highest BCUT2D eigenvalue weighted by Crippen LogP contribution is 2.32. The van der Waals surface area contributed by atoms with E-state index in [2.05, 4.69) is 33.9 Å². The van der Waals surface area contributed by atoms with Gasteiger partial charge in [0.2, 0.25) is 0 Å². The number of halogens is 1. The second kappa shape index (κ2) is 5.43. The predicted octanol–water partition coefficient (Wildman–Crippen LogP) is 4.34. The molecule has 0 heterocycles. The van der Waals surface area contributed by atoms with Crippen LogP contribution in [0.4, 0.5) is 5.69 Å². The smallest absolute Gasteiger partial charge is 0.160 e. The minimum Gasteiger partial charge on any atom is -0.371 e. The molecule has 2 rings (SSSR count). The lowest BCUT2D eigenvalue weighted by atomic mass is 10.0. The molecular formula is C15H20BrNO. The number of benzene rings is 1. The van der Waals surface area contributed by atoms with E-state index in [1.165, 1.54) is 31.4 Å². The van der Waals surface area contributed by atoms with Crippen LogP contribution in [0.5, 0.6) is 0 Å². The van der Waals surface area contributed by atoms with Gasteiger partial charge in [-0.1, -0.05) is 28.8 Å². The second-order valence-electron chi connectivity index (χ2n) is 5.20. The van der Waals surface area contributed by atoms with Crippen LogP contribution in [0.15, 0.2) is 16.6 Å². The summed E-state index contributed by atoms with van der Waals surface area (Å²) in [6.45, 7) is 3.68. The molecule has 0 amide bonds. The first-order valence-corrected chi connectivity index (χ1v) is 7.34. The summed E-state index contributed by atoms with van der Waals surface area (Å²) in [5.74, 6) is 0.134. The molecule has 1 aromatic rings. The standard InChI is InChI=1S/C15H20BrNO/c1-10-14(11(2)18)8-12(16)9-15(10)17(3)13-6-4-5-7-13/h8-9,13H,4-7H2,1-3H3. The number of hydrogen-bond acceptors (Lipinski definition) is 2. The van der Waals surface area contributed by atoms with Crippen molar-refractivity contribution in [3.05, 3.63) is 27.7 Å². The molecule has 0 N–H and O–H groups in total. The van der Waals surface area contributed by atoms with Gasteiger partial charge >= 0.3 is 0 Å². The van der Waals surface area contributed by atoms with Crippen LogP contribution in [-0.4, -0.2) is 18.9 Å². The van der Waals surface area contributed by atoms with E-state index in [1.807, 2.05) is 13.0 Å². The second-order valence-corrected chi connectivity index (χ2v) is 6.12. The van der Waals surface area contributed by atoms with Gasteiger partial charge in [-0.15, -0.1) is 0 Å². The molecule has 1 aromatic carbocycles. The van der Waals surface area contributed by atoms with Crippen LogP contribution < -0.4 is 4.90 Å². The summed E-state index contributed by atoms with van der Waals surface area (Å²) < 4.78 is 0.984. The molecule has 2 nitrogen and oxygen atoms in total. The van der Waals surface area contributed by atoms with Gasteiger partial charge in [0.05, 0.1) is 0 Å². The quantitative estimate of drug-likeness (QED) is 0.774. The van der Waals surface area contributed by atoms with Crippen molar-refractivity contribution < 1.29 is 4.79 Å². The van der Waals surface area contributed by atoms with E-state index in [4.69, 9.17) is 0 Å². The fourth-order valence-corrected chi connectivity index (χ4v) is 3.33. The molecule has 18 heavy (non-hydrogen) atoms. The maximum absolute atomic E-state index is 11.7. The van der Waals surface area contributed by atoms with Gasteiger partial charge in [0.1, 0.15) is 0 Å². The summed E-state index contributed by atoms with van der Waals surface area (Å²) in [4.78, 5) is 14.0. The Kier molecular flexibility index (Phi) is 4.10. The van der Waals surface area contributed by atoms with Crippen LogP contribution in [0.3, 0.4) is 0 Å². The number of nitrogens with zero attached hydrogens (tertiary/aromatic N) is 1. The Hall–Kier alpha value is -0.830. The summed E-state index contributed by atoms with van der Waals surface area (Å²) >= 11 is 3.51. The third kappa shape index (κ3) is 2.61. The molecule has 0 atom stereocenters. The van der Waals surface area contributed by atoms with Crippen LogP contribution in [0, 0.1) is 6.92 Å². The first-order chi connectivity index (χ1) is 8.50. The fraction of sp³-hybridized carbons (Fsp3) is 0.533. The Morgan fingerprint density at radius 1 is 1.33 bits per heavy atom. The van der Waals surface area contributed by atoms with Crippen molar-refractivity contribution in [3.8, 4) is 0 Å². The van der Waals surface area contributed by atoms with Gasteiger partial charge in [-0.2, -0.15) is 0 Å². The lowest BCUT2D eigenvalue weighted by Crippen LogP contribution is -2.29. The van der Waals surface area contributed by atoms with Crippen LogP contribution in [0.2, 0.25) is 0 Å². The van der Waals surface area contributed by atoms with Crippen molar-refractivity contribution in [2.45, 2.75) is 45.6 Å². The highest BCUT2D eigenvalue weighted by molar-refractivity contribution is 9.10. The Bertz CT molecular complexity index is 464. The van der Waals surface area contributed by atoms with Gasteiger partial charge in [0, 0.05) is 28.8 Å². The zero-order chi connectivity index (χ0) is 13.3. The van der Waals surface area contributed by atoms with Crippen LogP contribution in [0.1, 0.15) is 48.5 Å². The molecule has 1 fully saturated rings. The summed E-state index contributed by atoms with van der Waals surface area (Å²) in [6, 6.07) is 4.67. The monoisotopic (exact) mass is 309 g/mol. The summed E-state index contributed by atoms with van der Waals surface area (Å²) in [5, 5.41) is 0. The maximum atomic E-state index is 11.7. The largest absolute Gasteiger partial charge is 0.371 e. The number of Topliss-reactive ketones (excluding diaryl/α,β-unsaturated/α-hetero) is 1. The van der Waals surface area contributed by atoms with Gasteiger partial charge in [-0.3, -0.25) is 4.79 Å². The van der Waals surface area contributed by atoms with Crippen molar-refractivity contribution in [1.82, 2.24) is 0 Å². The van der Waals surface area contributed by atoms with Gasteiger partial charge in [0.25, 0.3) is 0 Å². The topological polar surface area (TPSA) is 20.3 Å². The number of anilines is 1. The highest BCUT2D eigenvalue weighted by atomic mass is 79.9. The fourth-order valence-electron chi connectivity index (χ4n) is 2.88. The van der Waals surface area contributed by atoms with Crippen LogP contribution in [-0.2, 0) is 0 Å². The number of ketones is 1. The minimum atomic E-state index is 0.134. The minimum absolute atomic E-state index is 0.134. The molecule has 0 aromatic heterocycles. The van der Waals surface area contributed by atoms with Crippen molar-refractivity contribution in [1.29, 1.82) is 0 Å². The predicted molar refractivity (Wildman–Crippen MR) is 79.5 cm³/mol. The van der Waals surface area contributed by atoms with Crippen LogP contribution >= 0.6 is 15.9 Å². The van der Waals surface area contributed by atoms with Gasteiger partial charge in [0.15, 0.2) is 5.78 Å². The third-order valence-corrected chi connectivity index (χ3v) is 4.43. The van der Waals surface area contributed by atoms with Gasteiger partial charge in [-0.25, -0.2) is 0 Å². The normalized spacial score (nSPS) is 16.0. The molecule has 0 unspecified atom stereocenters. The van der Waals surface area contributed by atoms with E-state index in [9.17, 15) is 4.79 Å². The first kappa shape index (κ1) is 13.6. The number of hydrogen-bond donors (Lipinski definition) is 0. The van der Waals surface area contributed by atoms with Crippen molar-refractivity contribution >= 4 is 27.4 Å². The van der Waals surface area contributed by atoms with Gasteiger partial charge in [-0.05, 0) is 44.4 Å². The molecule has 0 bridgehead atoms. The number of carbonyl (C=O) groups excluding carboxylic acids is 1. The average Bonchev–Trinajstić information content (AvgIpc) is 2.84. The number of carbonyl (C=O) groups is 1. The molecule has 3 heteroatoms. The summed E-state index contributed by atoms with van der Waals surface area (Å²) in [6.07, 6.45) is 5.17. The molecule has 0 saturated heterocycles. The molecule has 98 valence electrons. The summed E-state index contributed by atoms with van der Waals surface area (Å²) in [7, 11) is 2.15. The molecule has 1 aliphatic rings. The Morgan fingerprint density at radius 3 is 2.50 bits per heavy atom. The zero-order valence-corrected chi connectivity index (χ0v) is 12.9. The lowest BCUT2D eigenvalue weighted by molar-refractivity contribution is 0.101. The molecular weight excluding hydrogens is 290 g/mol. The zero-order valence-electron chi connectivity index (χ0n) is 11.3. The number of rotatable bonds is 3. The average molecular weight is 310 g/mol. The van der Waals surface area contributed by atoms with Crippen molar-refractivity contribution in [2.75, 3.05) is 11.9 Å². The molecule has 1 saturated carbocycles. The molecule has 0 spiro atoms. The van der Waals surface area contributed by atoms with Crippen LogP contribution in [0.25, 0.3) is 0 Å². The Labute approximate surface area is 117 Å². The lowest BCUT2D eigenvalue weighted by Gasteiger charge is -2.29. The maximum Gasteiger partial charge on any atom is 0.160 e. The third-order valence-electron chi connectivity index (χ3n) is 3.98. The van der Waals surface area contributed by atoms with Gasteiger partial charge < -0.3 is 4.90 Å². The van der Waals surface area contributed by atoms with E-state index in [-0.39, 0.29) is 5.78 Å². The highest BCUT2D eigenvalue weighted by Gasteiger charge is 2.22. The molecule has 0 radical (unpaired) electrons. The van der Waals surface area contributed by atoms with Crippen molar-refractivity contribution in [2.24, 2.45) is 0 Å². The van der Waals surface area contributed by atoms with E-state index in [0.29, 0.717) is 6.04 Å². The van der Waals surface area contributed by atoms with Crippen molar-refractivity contribution in [3.63, 3.8) is 0 Å². The molecule has 1 aliphatic carbocycles. The summed E-state index contributed by atoms with van der Waals surface area (Å²) in [5.41, 5.74) is 3.10. The Balaban J connectivity index is 2.40. The van der Waals surface area contributed by atoms with E-state index in [1.54, 1.807) is 6.92 Å².